The van der Waals surface area contributed by atoms with E-state index in [-0.39, 0.29) is 28.8 Å². The number of oxime groups is 1. The number of carbonyl (C=O) groups excluding carboxylic acids is 2. The zero-order valence-corrected chi connectivity index (χ0v) is 28.7. The summed E-state index contributed by atoms with van der Waals surface area (Å²) in [5, 5.41) is 27.3. The Morgan fingerprint density at radius 2 is 1.94 bits per heavy atom. The van der Waals surface area contributed by atoms with Gasteiger partial charge in [-0.05, 0) is 12.1 Å². The Bertz CT molecular complexity index is 1800. The van der Waals surface area contributed by atoms with Gasteiger partial charge in [0, 0.05) is 21.6 Å². The lowest BCUT2D eigenvalue weighted by Crippen LogP contribution is -2.74. The van der Waals surface area contributed by atoms with Crippen molar-refractivity contribution in [2.45, 2.75) is 22.3 Å². The van der Waals surface area contributed by atoms with Gasteiger partial charge < -0.3 is 35.1 Å². The number of nitrogens with one attached hydrogen (secondary N) is 1. The Labute approximate surface area is 286 Å². The van der Waals surface area contributed by atoms with E-state index >= 15 is 0 Å². The van der Waals surface area contributed by atoms with Crippen LogP contribution in [0, 0.1) is 0 Å². The van der Waals surface area contributed by atoms with E-state index in [1.54, 1.807) is 5.38 Å². The number of aliphatic carboxylic acids is 1. The molecule has 2 unspecified atom stereocenters. The number of nitrogens with two attached hydrogens (primary N) is 1. The van der Waals surface area contributed by atoms with Crippen LogP contribution < -0.4 is 11.1 Å². The van der Waals surface area contributed by atoms with E-state index in [1.165, 1.54) is 52.4 Å². The van der Waals surface area contributed by atoms with Crippen molar-refractivity contribution in [3.63, 3.8) is 0 Å². The maximum absolute atomic E-state index is 13.3. The molecule has 4 saturated heterocycles. The Hall–Kier alpha value is -3.26. The molecule has 0 aliphatic carbocycles. The van der Waals surface area contributed by atoms with Gasteiger partial charge in [0.15, 0.2) is 15.2 Å². The van der Waals surface area contributed by atoms with Crippen LogP contribution in [0.25, 0.3) is 10.2 Å². The lowest BCUT2D eigenvalue weighted by Gasteiger charge is -2.55. The molecule has 1 aromatic carbocycles. The third kappa shape index (κ3) is 6.00. The number of thioether (sulfide) groups is 2. The summed E-state index contributed by atoms with van der Waals surface area (Å²) in [5.41, 5.74) is 7.81. The van der Waals surface area contributed by atoms with E-state index < -0.39 is 29.2 Å². The molecule has 0 spiro atoms. The molecule has 5 N–H and O–H groups in total. The predicted molar refractivity (Wildman–Crippen MR) is 181 cm³/mol. The average Bonchev–Trinajstić information content (AvgIpc) is 3.67. The highest BCUT2D eigenvalue weighted by Gasteiger charge is 2.55. The van der Waals surface area contributed by atoms with Gasteiger partial charge in [0.05, 0.1) is 16.8 Å². The molecule has 0 saturated carbocycles. The molecule has 5 aliphatic heterocycles. The van der Waals surface area contributed by atoms with Crippen molar-refractivity contribution in [2.24, 2.45) is 5.16 Å². The molecular weight excluding hydrogens is 685 g/mol. The van der Waals surface area contributed by atoms with Crippen molar-refractivity contribution in [3.8, 4) is 0 Å². The lowest BCUT2D eigenvalue weighted by atomic mass is 10.0. The van der Waals surface area contributed by atoms with E-state index in [1.807, 2.05) is 0 Å². The molecule has 5 aliphatic rings. The minimum Gasteiger partial charge on any atom is -0.477 e. The van der Waals surface area contributed by atoms with Crippen LogP contribution in [0.4, 0.5) is 5.13 Å². The summed E-state index contributed by atoms with van der Waals surface area (Å²) in [5.74, 6) is -2.07. The van der Waals surface area contributed by atoms with Crippen LogP contribution in [0.2, 0.25) is 0 Å². The number of rotatable bonds is 11. The molecular formula is C29H34N8O6S4+2. The number of anilines is 1. The highest BCUT2D eigenvalue weighted by atomic mass is 32.2. The number of fused-ring (bicyclic) bond motifs is 5. The first-order valence-corrected chi connectivity index (χ1v) is 18.6. The van der Waals surface area contributed by atoms with Crippen LogP contribution in [0.5, 0.6) is 0 Å². The number of amides is 2. The molecule has 2 aromatic heterocycles. The second-order valence-corrected chi connectivity index (χ2v) is 16.5. The number of carboxylic acid groups (broad SMARTS) is 1. The predicted octanol–water partition coefficient (Wildman–Crippen LogP) is 1.33. The van der Waals surface area contributed by atoms with Crippen LogP contribution in [-0.2, 0) is 25.8 Å². The third-order valence-electron chi connectivity index (χ3n) is 9.47. The smallest absolute Gasteiger partial charge is 0.353 e. The minimum absolute atomic E-state index is 0.0890. The van der Waals surface area contributed by atoms with Crippen LogP contribution in [0.1, 0.15) is 11.3 Å². The zero-order valence-electron chi connectivity index (χ0n) is 25.5. The fraction of sp³-hybridized carbons (Fsp3) is 0.448. The molecule has 3 aromatic rings. The summed E-state index contributed by atoms with van der Waals surface area (Å²) in [6.07, 6.45) is 0. The van der Waals surface area contributed by atoms with Gasteiger partial charge in [-0.2, -0.15) is 0 Å². The number of nitrogen functional groups attached to an aromatic ring is 1. The van der Waals surface area contributed by atoms with Crippen molar-refractivity contribution in [3.05, 3.63) is 45.4 Å². The van der Waals surface area contributed by atoms with E-state index in [2.05, 4.69) is 33.7 Å². The molecule has 2 amide bonds. The third-order valence-corrected chi connectivity index (χ3v) is 13.8. The summed E-state index contributed by atoms with van der Waals surface area (Å²) in [6.45, 7) is 8.72. The molecule has 248 valence electrons. The molecule has 2 bridgehead atoms. The first kappa shape index (κ1) is 32.3. The molecule has 2 atom stereocenters. The van der Waals surface area contributed by atoms with E-state index in [4.69, 9.17) is 15.6 Å². The van der Waals surface area contributed by atoms with Gasteiger partial charge >= 0.3 is 5.97 Å². The first-order valence-electron chi connectivity index (χ1n) is 15.1. The monoisotopic (exact) mass is 718 g/mol. The van der Waals surface area contributed by atoms with Crippen LogP contribution in [-0.4, -0.2) is 134 Å². The van der Waals surface area contributed by atoms with Crippen molar-refractivity contribution in [1.82, 2.24) is 20.2 Å². The highest BCUT2D eigenvalue weighted by Crippen LogP contribution is 2.46. The quantitative estimate of drug-likeness (QED) is 0.0973. The number of aromatic nitrogens is 2. The zero-order chi connectivity index (χ0) is 32.9. The number of thiazole rings is 2. The molecule has 7 heterocycles. The standard InChI is InChI=1S/C29H32N8O6S4/c1-43-34-21(18-14-45-28(30)31-18)24(39)33-22-25(40)35-23(27(41)42)20(15-44-26(22)35)47-29-32-17-12-16(2-3-19(17)46-29)13-37-7-4-36(5-8-37,6-9-37)10-11-38/h2-3,12,14,22,26,38H,4-11,13,15H2,1H3,(H2-2,30,31,33,39,41,42)/p+2. The second-order valence-electron chi connectivity index (χ2n) is 12.1. The molecule has 0 radical (unpaired) electrons. The van der Waals surface area contributed by atoms with Crippen molar-refractivity contribution in [1.29, 1.82) is 0 Å². The Morgan fingerprint density at radius 1 is 1.19 bits per heavy atom. The number of β-lactam (4-membered cyclic amide) rings is 1. The highest BCUT2D eigenvalue weighted by molar-refractivity contribution is 8.07. The van der Waals surface area contributed by atoms with Crippen molar-refractivity contribution < 1.29 is 38.4 Å². The Kier molecular flexibility index (Phi) is 8.69. The first-order chi connectivity index (χ1) is 22.6. The van der Waals surface area contributed by atoms with Gasteiger partial charge in [0.1, 0.15) is 82.3 Å². The number of hydrogen-bond acceptors (Lipinski definition) is 13. The number of hydrogen-bond donors (Lipinski definition) is 4. The number of carboxylic acids is 1. The van der Waals surface area contributed by atoms with Gasteiger partial charge in [-0.15, -0.1) is 34.4 Å². The van der Waals surface area contributed by atoms with Gasteiger partial charge in [-0.25, -0.2) is 14.8 Å². The van der Waals surface area contributed by atoms with Crippen molar-refractivity contribution >= 4 is 85.0 Å². The van der Waals surface area contributed by atoms with E-state index in [9.17, 15) is 24.6 Å². The fourth-order valence-electron chi connectivity index (χ4n) is 6.89. The minimum atomic E-state index is -1.21. The van der Waals surface area contributed by atoms with Crippen LogP contribution in [0.15, 0.2) is 43.7 Å². The van der Waals surface area contributed by atoms with Crippen LogP contribution >= 0.6 is 46.2 Å². The lowest BCUT2D eigenvalue weighted by molar-refractivity contribution is -1.09. The topological polar surface area (TPSA) is 180 Å². The summed E-state index contributed by atoms with van der Waals surface area (Å²) < 4.78 is 3.84. The van der Waals surface area contributed by atoms with E-state index in [0.29, 0.717) is 15.0 Å². The number of aliphatic hydroxyl groups is 1. The largest absolute Gasteiger partial charge is 0.477 e. The Morgan fingerprint density at radius 3 is 2.60 bits per heavy atom. The van der Waals surface area contributed by atoms with Crippen LogP contribution in [0.3, 0.4) is 0 Å². The summed E-state index contributed by atoms with van der Waals surface area (Å²) in [4.78, 5) is 54.3. The van der Waals surface area contributed by atoms with Gasteiger partial charge in [0.2, 0.25) is 0 Å². The number of benzene rings is 1. The fourth-order valence-corrected chi connectivity index (χ4v) is 11.1. The average molecular weight is 719 g/mol. The Balaban J connectivity index is 1.05. The number of piperazine rings is 3. The van der Waals surface area contributed by atoms with Crippen molar-refractivity contribution in [2.75, 3.05) is 71.0 Å². The molecule has 18 heteroatoms. The molecule has 8 rings (SSSR count). The number of quaternary nitrogens is 2. The van der Waals surface area contributed by atoms with Gasteiger partial charge in [-0.3, -0.25) is 14.5 Å². The summed E-state index contributed by atoms with van der Waals surface area (Å²) in [6, 6.07) is 5.47. The summed E-state index contributed by atoms with van der Waals surface area (Å²) in [7, 11) is 1.29. The normalized spacial score (nSPS) is 27.1. The van der Waals surface area contributed by atoms with Gasteiger partial charge in [-0.1, -0.05) is 23.0 Å². The summed E-state index contributed by atoms with van der Waals surface area (Å²) >= 11 is 5.29. The number of aliphatic hydroxyl groups excluding tert-OH is 1. The molecule has 14 nitrogen and oxygen atoms in total. The molecule has 4 fully saturated rings. The maximum atomic E-state index is 13.3. The number of carbonyl (C=O) groups is 3. The second kappa shape index (κ2) is 12.6. The molecule has 47 heavy (non-hydrogen) atoms. The maximum Gasteiger partial charge on any atom is 0.353 e. The number of nitrogens with zero attached hydrogens (tertiary/aromatic N) is 6. The van der Waals surface area contributed by atoms with E-state index in [0.717, 1.165) is 82.9 Å². The SMILES string of the molecule is CON=C(C(=O)NC1C(=O)N2C(C(=O)O)=C(Sc3nc4cc(C[N+]56CC[N+](CCO)(CC5)CC6)ccc4s3)CSC12)c1csc(N)n1. The van der Waals surface area contributed by atoms with Gasteiger partial charge in [0.25, 0.3) is 11.8 Å².